The van der Waals surface area contributed by atoms with Gasteiger partial charge in [-0.25, -0.2) is 20.0 Å². The van der Waals surface area contributed by atoms with Crippen molar-refractivity contribution >= 4 is 117 Å². The molecule has 4 N–H and O–H groups in total. The van der Waals surface area contributed by atoms with Crippen LogP contribution in [0.1, 0.15) is 187 Å². The summed E-state index contributed by atoms with van der Waals surface area (Å²) in [7, 11) is -4.49. The minimum absolute atomic E-state index is 0.166. The molecule has 17 rings (SSSR count). The normalized spacial score (nSPS) is 19.3. The second-order valence-electron chi connectivity index (χ2n) is 29.2. The Labute approximate surface area is 651 Å². The molecular weight excluding hydrogens is 1430 g/mol. The van der Waals surface area contributed by atoms with Gasteiger partial charge in [0.05, 0.1) is 24.2 Å². The van der Waals surface area contributed by atoms with Gasteiger partial charge in [-0.05, 0) is 166 Å². The summed E-state index contributed by atoms with van der Waals surface area (Å²) in [6, 6.07) is 90.3. The molecule has 4 aliphatic heterocycles. The number of fused-ring (bicyclic) bond motifs is 6. The molecule has 4 aliphatic rings. The lowest BCUT2D eigenvalue weighted by atomic mass is 9.99. The molecule has 4 fully saturated rings. The van der Waals surface area contributed by atoms with Crippen molar-refractivity contribution in [3.8, 4) is 0 Å². The summed E-state index contributed by atoms with van der Waals surface area (Å²) in [4.78, 5) is 127. The number of nitrogens with one attached hydrogen (secondary N) is 4. The Kier molecular flexibility index (Phi) is 19.7. The standard InChI is InChI=1S/C94H80N8O8P2/c1-57(65-47-23-31-61-27-5-9-35-69(61)65)95-87(107)73-39-13-15-41-75(73)91-99-83(103)53-55-85(105)101(99)93(111(91)81-51-21-19-45-79(81)89(109)97-59(3)67-49-25-33-63-29-7-11-37-71(63)67)77-43-17-18-44-78(77)94-102-86(106)56-54-84(104)100(102)92(76-42-16-14-40-74(76)88(108)96-58(2)66-48-24-32-62-28-6-10-36-70(62)66)112(94)82-52-22-20-46-80(82)90(110)98-60(4)68-50-26-34-64-30-8-12-38-72(64)68/h5-52,57-60,91-94H,53-56H2,1-4H3,(H,95,107)(H,96,108)(H,97,109)(H,98,110)/t57-,58-,59-,60-,91-,92-,93-,94-,111?,112?/m0/s1. The molecule has 554 valence electrons. The predicted octanol–water partition coefficient (Wildman–Crippen LogP) is 18.0. The maximum atomic E-state index is 16.0. The molecule has 0 bridgehead atoms. The molecule has 18 heteroatoms. The molecule has 112 heavy (non-hydrogen) atoms. The lowest BCUT2D eigenvalue weighted by molar-refractivity contribution is -0.172. The molecule has 13 aromatic carbocycles. The number of benzene rings is 13. The van der Waals surface area contributed by atoms with Gasteiger partial charge in [-0.2, -0.15) is 0 Å². The third-order valence-corrected chi connectivity index (χ3v) is 28.5. The highest BCUT2D eigenvalue weighted by atomic mass is 31.1. The molecule has 2 unspecified atom stereocenters. The van der Waals surface area contributed by atoms with Crippen molar-refractivity contribution in [3.05, 3.63) is 358 Å². The molecule has 13 aromatic rings. The largest absolute Gasteiger partial charge is 0.345 e. The second kappa shape index (κ2) is 30.4. The Morgan fingerprint density at radius 2 is 0.482 bits per heavy atom. The van der Waals surface area contributed by atoms with Crippen LogP contribution in [0.15, 0.2) is 291 Å². The fourth-order valence-electron chi connectivity index (χ4n) is 17.3. The lowest BCUT2D eigenvalue weighted by Gasteiger charge is -2.40. The Bertz CT molecular complexity index is 5610. The van der Waals surface area contributed by atoms with Crippen LogP contribution in [0.5, 0.6) is 0 Å². The van der Waals surface area contributed by atoms with E-state index >= 15 is 38.4 Å². The quantitative estimate of drug-likeness (QED) is 0.0609. The van der Waals surface area contributed by atoms with E-state index < -0.39 is 110 Å². The highest BCUT2D eigenvalue weighted by Gasteiger charge is 2.61. The number of rotatable bonds is 18. The Morgan fingerprint density at radius 3 is 0.777 bits per heavy atom. The first kappa shape index (κ1) is 72.4. The first-order chi connectivity index (χ1) is 54.6. The fourth-order valence-corrected chi connectivity index (χ4v) is 24.4. The first-order valence-electron chi connectivity index (χ1n) is 38.1. The van der Waals surface area contributed by atoms with Gasteiger partial charge in [-0.3, -0.25) is 38.4 Å². The molecular formula is C94H80N8O8P2. The van der Waals surface area contributed by atoms with E-state index in [0.29, 0.717) is 32.9 Å². The minimum atomic E-state index is -2.24. The van der Waals surface area contributed by atoms with Crippen LogP contribution in [-0.4, -0.2) is 67.3 Å². The van der Waals surface area contributed by atoms with Crippen LogP contribution in [0.4, 0.5) is 0 Å². The monoisotopic (exact) mass is 1510 g/mol. The Hall–Kier alpha value is -12.5. The zero-order chi connectivity index (χ0) is 77.0. The zero-order valence-corrected chi connectivity index (χ0v) is 63.9. The van der Waals surface area contributed by atoms with Gasteiger partial charge in [0.1, 0.15) is 23.1 Å². The number of hydrazine groups is 2. The maximum Gasteiger partial charge on any atom is 0.252 e. The van der Waals surface area contributed by atoms with E-state index in [2.05, 4.69) is 21.3 Å². The van der Waals surface area contributed by atoms with Gasteiger partial charge in [0.25, 0.3) is 23.6 Å². The van der Waals surface area contributed by atoms with Crippen molar-refractivity contribution in [1.82, 2.24) is 41.3 Å². The van der Waals surface area contributed by atoms with Crippen molar-refractivity contribution < 1.29 is 38.4 Å². The van der Waals surface area contributed by atoms with E-state index in [1.54, 1.807) is 58.5 Å². The van der Waals surface area contributed by atoms with Gasteiger partial charge in [-0.1, -0.05) is 267 Å². The van der Waals surface area contributed by atoms with E-state index in [-0.39, 0.29) is 47.9 Å². The van der Waals surface area contributed by atoms with Gasteiger partial charge >= 0.3 is 0 Å². The first-order valence-corrected chi connectivity index (χ1v) is 41.0. The van der Waals surface area contributed by atoms with Crippen LogP contribution in [0.2, 0.25) is 0 Å². The third kappa shape index (κ3) is 13.0. The smallest absolute Gasteiger partial charge is 0.252 e. The molecule has 0 saturated carbocycles. The average molecular weight is 1510 g/mol. The minimum Gasteiger partial charge on any atom is -0.345 e. The van der Waals surface area contributed by atoms with Crippen LogP contribution in [0.25, 0.3) is 43.1 Å². The number of hydrogen-bond acceptors (Lipinski definition) is 8. The summed E-state index contributed by atoms with van der Waals surface area (Å²) in [5.41, 5.74) is 6.42. The summed E-state index contributed by atoms with van der Waals surface area (Å²) in [5.74, 6) is -7.85. The third-order valence-electron chi connectivity index (χ3n) is 22.5. The highest BCUT2D eigenvalue weighted by molar-refractivity contribution is 7.67. The number of hydrogen-bond donors (Lipinski definition) is 4. The second-order valence-corrected chi connectivity index (χ2v) is 33.7. The van der Waals surface area contributed by atoms with Crippen molar-refractivity contribution in [2.75, 3.05) is 0 Å². The number of carbonyl (C=O) groups excluding carboxylic acids is 8. The van der Waals surface area contributed by atoms with E-state index in [1.165, 1.54) is 10.0 Å². The van der Waals surface area contributed by atoms with Gasteiger partial charge in [0, 0.05) is 47.9 Å². The summed E-state index contributed by atoms with van der Waals surface area (Å²) < 4.78 is 0. The summed E-state index contributed by atoms with van der Waals surface area (Å²) >= 11 is 0. The molecule has 8 amide bonds. The van der Waals surface area contributed by atoms with E-state index in [1.807, 2.05) is 270 Å². The van der Waals surface area contributed by atoms with Gasteiger partial charge in [-0.15, -0.1) is 0 Å². The molecule has 0 aliphatic carbocycles. The van der Waals surface area contributed by atoms with E-state index in [0.717, 1.165) is 65.3 Å². The van der Waals surface area contributed by atoms with Crippen molar-refractivity contribution in [1.29, 1.82) is 0 Å². The van der Waals surface area contributed by atoms with Gasteiger partial charge in [0.15, 0.2) is 0 Å². The molecule has 10 atom stereocenters. The number of nitrogens with zero attached hydrogens (tertiary/aromatic N) is 4. The molecule has 0 spiro atoms. The molecule has 0 radical (unpaired) electrons. The zero-order valence-electron chi connectivity index (χ0n) is 62.1. The van der Waals surface area contributed by atoms with E-state index in [9.17, 15) is 0 Å². The van der Waals surface area contributed by atoms with Crippen LogP contribution < -0.4 is 31.9 Å². The summed E-state index contributed by atoms with van der Waals surface area (Å²) in [6.45, 7) is 7.75. The number of amides is 8. The molecule has 0 aromatic heterocycles. The predicted molar refractivity (Wildman–Crippen MR) is 441 cm³/mol. The lowest BCUT2D eigenvalue weighted by Crippen LogP contribution is -2.51. The Balaban J connectivity index is 0.866. The van der Waals surface area contributed by atoms with Crippen LogP contribution in [0.3, 0.4) is 0 Å². The topological polar surface area (TPSA) is 198 Å². The SMILES string of the molecule is C[C@H](NC(=O)c1ccccc1[C@H]1N2C(=O)CCC(=O)N2[C@H](c2ccccc2[C@H]2N3C(=O)CCC(=O)N3[C@H](c3ccccc3C(=O)N[C@@H](C)c3cccc4ccccc34)P2c2ccccc2C(=O)N[C@@H](C)c2cccc3ccccc23)P1c1ccccc1C(=O)N[C@@H](C)c1cccc2ccccc12)c1cccc2ccccc12. The van der Waals surface area contributed by atoms with Gasteiger partial charge in [0.2, 0.25) is 23.6 Å². The van der Waals surface area contributed by atoms with Crippen molar-refractivity contribution in [3.63, 3.8) is 0 Å². The van der Waals surface area contributed by atoms with Gasteiger partial charge < -0.3 is 21.3 Å². The highest BCUT2D eigenvalue weighted by Crippen LogP contribution is 2.75. The maximum absolute atomic E-state index is 16.0. The summed E-state index contributed by atoms with van der Waals surface area (Å²) in [6.07, 6.45) is -0.688. The summed E-state index contributed by atoms with van der Waals surface area (Å²) in [5, 5.41) is 28.4. The van der Waals surface area contributed by atoms with Crippen molar-refractivity contribution in [2.45, 2.75) is 101 Å². The fraction of sp³-hybridized carbons (Fsp3) is 0.170. The van der Waals surface area contributed by atoms with Crippen LogP contribution >= 0.6 is 15.8 Å². The average Bonchev–Trinajstić information content (AvgIpc) is 1.54. The van der Waals surface area contributed by atoms with Crippen molar-refractivity contribution in [2.24, 2.45) is 0 Å². The van der Waals surface area contributed by atoms with E-state index in [4.69, 9.17) is 0 Å². The van der Waals surface area contributed by atoms with Crippen LogP contribution in [0, 0.1) is 0 Å². The molecule has 16 nitrogen and oxygen atoms in total. The number of carbonyl (C=O) groups is 8. The van der Waals surface area contributed by atoms with Crippen LogP contribution in [-0.2, 0) is 19.2 Å². The Morgan fingerprint density at radius 1 is 0.268 bits per heavy atom. The molecule has 4 heterocycles. The molecule has 4 saturated heterocycles.